The third-order valence-electron chi connectivity index (χ3n) is 3.65. The van der Waals surface area contributed by atoms with E-state index in [1.807, 2.05) is 0 Å². The molecule has 0 saturated carbocycles. The molecule has 1 amide bonds. The summed E-state index contributed by atoms with van der Waals surface area (Å²) in [4.78, 5) is 14.2. The van der Waals surface area contributed by atoms with Crippen molar-refractivity contribution in [2.75, 3.05) is 19.7 Å². The Morgan fingerprint density at radius 1 is 1.19 bits per heavy atom. The van der Waals surface area contributed by atoms with Crippen LogP contribution in [0.4, 0.5) is 0 Å². The maximum absolute atomic E-state index is 12.5. The largest absolute Gasteiger partial charge is 0.396 e. The second kappa shape index (κ2) is 5.72. The number of hydrogen-bond acceptors (Lipinski definition) is 2. The number of carbonyl (C=O) groups excluding carboxylic acids is 1. The second-order valence-electron chi connectivity index (χ2n) is 5.09. The number of aliphatic hydroxyl groups is 1. The van der Waals surface area contributed by atoms with Crippen LogP contribution in [0.25, 0.3) is 5.69 Å². The van der Waals surface area contributed by atoms with Crippen LogP contribution < -0.4 is 0 Å². The van der Waals surface area contributed by atoms with Crippen molar-refractivity contribution in [2.45, 2.75) is 0 Å². The smallest absolute Gasteiger partial charge is 0.270 e. The fourth-order valence-corrected chi connectivity index (χ4v) is 3.06. The van der Waals surface area contributed by atoms with Crippen LogP contribution in [-0.4, -0.2) is 40.2 Å². The standard InChI is InChI=1S/C15H14Cl2N2O2/c16-11-3-1-4-12(17)14(11)19-6-2-5-13(19)15(21)18-7-10(8-18)9-20/h1-6,10,20H,7-9H2. The van der Waals surface area contributed by atoms with Gasteiger partial charge in [-0.15, -0.1) is 0 Å². The van der Waals surface area contributed by atoms with Gasteiger partial charge in [-0.3, -0.25) is 4.79 Å². The van der Waals surface area contributed by atoms with Crippen molar-refractivity contribution in [2.24, 2.45) is 5.92 Å². The summed E-state index contributed by atoms with van der Waals surface area (Å²) in [6.45, 7) is 1.27. The zero-order valence-electron chi connectivity index (χ0n) is 11.2. The molecule has 2 heterocycles. The third-order valence-corrected chi connectivity index (χ3v) is 4.26. The maximum atomic E-state index is 12.5. The van der Waals surface area contributed by atoms with E-state index in [2.05, 4.69) is 0 Å². The summed E-state index contributed by atoms with van der Waals surface area (Å²) in [5.74, 6) is 0.0990. The van der Waals surface area contributed by atoms with Crippen LogP contribution in [0.1, 0.15) is 10.5 Å². The number of halogens is 2. The van der Waals surface area contributed by atoms with Crippen molar-refractivity contribution in [1.82, 2.24) is 9.47 Å². The number of likely N-dealkylation sites (tertiary alicyclic amines) is 1. The highest BCUT2D eigenvalue weighted by Gasteiger charge is 2.32. The summed E-state index contributed by atoms with van der Waals surface area (Å²) < 4.78 is 1.71. The van der Waals surface area contributed by atoms with Gasteiger partial charge in [0.1, 0.15) is 5.69 Å². The van der Waals surface area contributed by atoms with Crippen LogP contribution in [0.15, 0.2) is 36.5 Å². The fraction of sp³-hybridized carbons (Fsp3) is 0.267. The van der Waals surface area contributed by atoms with Crippen molar-refractivity contribution < 1.29 is 9.90 Å². The van der Waals surface area contributed by atoms with E-state index in [9.17, 15) is 4.79 Å². The van der Waals surface area contributed by atoms with Gasteiger partial charge in [-0.05, 0) is 24.3 Å². The first-order valence-corrected chi connectivity index (χ1v) is 7.39. The fourth-order valence-electron chi connectivity index (χ4n) is 2.48. The van der Waals surface area contributed by atoms with E-state index < -0.39 is 0 Å². The molecule has 110 valence electrons. The first-order valence-electron chi connectivity index (χ1n) is 6.63. The van der Waals surface area contributed by atoms with Crippen molar-refractivity contribution in [3.8, 4) is 5.69 Å². The van der Waals surface area contributed by atoms with E-state index in [4.69, 9.17) is 28.3 Å². The van der Waals surface area contributed by atoms with Gasteiger partial charge in [0.05, 0.1) is 15.7 Å². The molecule has 4 nitrogen and oxygen atoms in total. The van der Waals surface area contributed by atoms with E-state index in [0.717, 1.165) is 0 Å². The Kier molecular flexibility index (Phi) is 3.93. The Labute approximate surface area is 132 Å². The number of hydrogen-bond donors (Lipinski definition) is 1. The van der Waals surface area contributed by atoms with E-state index in [1.165, 1.54) is 0 Å². The Balaban J connectivity index is 1.93. The number of aliphatic hydroxyl groups excluding tert-OH is 1. The highest BCUT2D eigenvalue weighted by atomic mass is 35.5. The SMILES string of the molecule is O=C(c1cccn1-c1c(Cl)cccc1Cl)N1CC(CO)C1. The first-order chi connectivity index (χ1) is 10.1. The Bertz CT molecular complexity index is 658. The maximum Gasteiger partial charge on any atom is 0.270 e. The average Bonchev–Trinajstić information content (AvgIpc) is 2.86. The molecule has 0 radical (unpaired) electrons. The molecule has 0 unspecified atom stereocenters. The van der Waals surface area contributed by atoms with Crippen LogP contribution in [0.2, 0.25) is 10.0 Å². The minimum absolute atomic E-state index is 0.0827. The van der Waals surface area contributed by atoms with Gasteiger partial charge in [-0.1, -0.05) is 29.3 Å². The molecule has 1 saturated heterocycles. The van der Waals surface area contributed by atoms with Crippen molar-refractivity contribution in [3.63, 3.8) is 0 Å². The predicted octanol–water partition coefficient (Wildman–Crippen LogP) is 2.85. The molecule has 1 aromatic carbocycles. The van der Waals surface area contributed by atoms with Gasteiger partial charge in [-0.25, -0.2) is 0 Å². The van der Waals surface area contributed by atoms with Gasteiger partial charge in [-0.2, -0.15) is 0 Å². The monoisotopic (exact) mass is 324 g/mol. The van der Waals surface area contributed by atoms with Gasteiger partial charge in [0.15, 0.2) is 0 Å². The number of aromatic nitrogens is 1. The van der Waals surface area contributed by atoms with Gasteiger partial charge >= 0.3 is 0 Å². The lowest BCUT2D eigenvalue weighted by molar-refractivity contribution is 0.0355. The zero-order valence-corrected chi connectivity index (χ0v) is 12.7. The predicted molar refractivity (Wildman–Crippen MR) is 82.3 cm³/mol. The molecule has 1 aliphatic rings. The first kappa shape index (κ1) is 14.4. The van der Waals surface area contributed by atoms with Crippen LogP contribution in [0.3, 0.4) is 0 Å². The highest BCUT2D eigenvalue weighted by Crippen LogP contribution is 2.30. The summed E-state index contributed by atoms with van der Waals surface area (Å²) in [6.07, 6.45) is 1.77. The molecule has 6 heteroatoms. The normalized spacial score (nSPS) is 15.1. The van der Waals surface area contributed by atoms with E-state index in [1.54, 1.807) is 46.0 Å². The molecule has 2 aromatic rings. The summed E-state index contributed by atoms with van der Waals surface area (Å²) >= 11 is 12.4. The van der Waals surface area contributed by atoms with Gasteiger partial charge in [0, 0.05) is 31.8 Å². The van der Waals surface area contributed by atoms with Gasteiger partial charge in [0.25, 0.3) is 5.91 Å². The summed E-state index contributed by atoms with van der Waals surface area (Å²) in [5.41, 5.74) is 1.12. The van der Waals surface area contributed by atoms with Gasteiger partial charge in [0.2, 0.25) is 0 Å². The van der Waals surface area contributed by atoms with E-state index in [0.29, 0.717) is 34.5 Å². The van der Waals surface area contributed by atoms with Gasteiger partial charge < -0.3 is 14.6 Å². The topological polar surface area (TPSA) is 45.5 Å². The highest BCUT2D eigenvalue weighted by molar-refractivity contribution is 6.37. The second-order valence-corrected chi connectivity index (χ2v) is 5.91. The minimum Gasteiger partial charge on any atom is -0.396 e. The lowest BCUT2D eigenvalue weighted by Crippen LogP contribution is -2.51. The number of para-hydroxylation sites is 1. The lowest BCUT2D eigenvalue weighted by Gasteiger charge is -2.38. The Hall–Kier alpha value is -1.49. The molecular formula is C15H14Cl2N2O2. The zero-order chi connectivity index (χ0) is 15.0. The lowest BCUT2D eigenvalue weighted by atomic mass is 10.0. The molecular weight excluding hydrogens is 311 g/mol. The molecule has 1 aromatic heterocycles. The van der Waals surface area contributed by atoms with Crippen molar-refractivity contribution >= 4 is 29.1 Å². The van der Waals surface area contributed by atoms with Crippen molar-refractivity contribution in [1.29, 1.82) is 0 Å². The van der Waals surface area contributed by atoms with E-state index >= 15 is 0 Å². The summed E-state index contributed by atoms with van der Waals surface area (Å²) in [5, 5.41) is 10.0. The number of amides is 1. The number of carbonyl (C=O) groups is 1. The number of benzene rings is 1. The summed E-state index contributed by atoms with van der Waals surface area (Å²) in [7, 11) is 0. The molecule has 1 aliphatic heterocycles. The van der Waals surface area contributed by atoms with Crippen LogP contribution in [-0.2, 0) is 0 Å². The van der Waals surface area contributed by atoms with Crippen LogP contribution >= 0.6 is 23.2 Å². The average molecular weight is 325 g/mol. The number of rotatable bonds is 3. The Morgan fingerprint density at radius 2 is 1.86 bits per heavy atom. The van der Waals surface area contributed by atoms with E-state index in [-0.39, 0.29) is 18.4 Å². The van der Waals surface area contributed by atoms with Crippen LogP contribution in [0, 0.1) is 5.92 Å². The van der Waals surface area contributed by atoms with Crippen molar-refractivity contribution in [3.05, 3.63) is 52.3 Å². The molecule has 1 fully saturated rings. The molecule has 1 N–H and O–H groups in total. The molecule has 0 spiro atoms. The molecule has 0 bridgehead atoms. The summed E-state index contributed by atoms with van der Waals surface area (Å²) in [6, 6.07) is 8.77. The third kappa shape index (κ3) is 2.55. The minimum atomic E-state index is -0.0827. The van der Waals surface area contributed by atoms with Crippen LogP contribution in [0.5, 0.6) is 0 Å². The molecule has 0 aliphatic carbocycles. The molecule has 3 rings (SSSR count). The quantitative estimate of drug-likeness (QED) is 0.943. The molecule has 0 atom stereocenters. The Morgan fingerprint density at radius 3 is 2.48 bits per heavy atom. The number of nitrogens with zero attached hydrogens (tertiary/aromatic N) is 2. The molecule has 21 heavy (non-hydrogen) atoms.